The molecule has 4 nitrogen and oxygen atoms in total. The number of nitrogens with zero attached hydrogens (tertiary/aromatic N) is 3. The van der Waals surface area contributed by atoms with Crippen LogP contribution in [0, 0.1) is 5.41 Å². The maximum atomic E-state index is 4.48. The fraction of sp³-hybridized carbons (Fsp3) is 0.750. The molecular formula is C16H27IN4S. The predicted octanol–water partition coefficient (Wildman–Crippen LogP) is 3.32. The van der Waals surface area contributed by atoms with Crippen molar-refractivity contribution in [3.63, 3.8) is 0 Å². The second-order valence-electron chi connectivity index (χ2n) is 6.32. The van der Waals surface area contributed by atoms with E-state index in [1.54, 1.807) is 0 Å². The van der Waals surface area contributed by atoms with Crippen LogP contribution in [-0.2, 0) is 12.8 Å². The van der Waals surface area contributed by atoms with Crippen LogP contribution in [0.5, 0.6) is 0 Å². The van der Waals surface area contributed by atoms with Crippen molar-refractivity contribution in [2.75, 3.05) is 26.7 Å². The molecule has 22 heavy (non-hydrogen) atoms. The summed E-state index contributed by atoms with van der Waals surface area (Å²) in [5.74, 6) is 1.08. The van der Waals surface area contributed by atoms with E-state index in [0.717, 1.165) is 31.9 Å². The average Bonchev–Trinajstić information content (AvgIpc) is 3.10. The van der Waals surface area contributed by atoms with E-state index in [9.17, 15) is 0 Å². The van der Waals surface area contributed by atoms with E-state index < -0.39 is 0 Å². The minimum Gasteiger partial charge on any atom is -0.356 e. The molecule has 0 amide bonds. The largest absolute Gasteiger partial charge is 0.356 e. The van der Waals surface area contributed by atoms with Gasteiger partial charge in [0.25, 0.3) is 0 Å². The van der Waals surface area contributed by atoms with Crippen LogP contribution in [0.25, 0.3) is 0 Å². The average molecular weight is 434 g/mol. The maximum absolute atomic E-state index is 4.48. The van der Waals surface area contributed by atoms with E-state index in [4.69, 9.17) is 0 Å². The van der Waals surface area contributed by atoms with Crippen molar-refractivity contribution in [2.45, 2.75) is 45.4 Å². The van der Waals surface area contributed by atoms with Crippen LogP contribution in [0.15, 0.2) is 11.2 Å². The zero-order valence-corrected chi connectivity index (χ0v) is 16.7. The molecular weight excluding hydrogens is 407 g/mol. The molecule has 6 heteroatoms. The summed E-state index contributed by atoms with van der Waals surface area (Å²) < 4.78 is 0. The molecule has 0 unspecified atom stereocenters. The number of likely N-dealkylation sites (tertiary alicyclic amines) is 1. The van der Waals surface area contributed by atoms with Crippen molar-refractivity contribution in [1.82, 2.24) is 15.2 Å². The van der Waals surface area contributed by atoms with E-state index in [0.29, 0.717) is 5.41 Å². The highest BCUT2D eigenvalue weighted by atomic mass is 127. The van der Waals surface area contributed by atoms with Crippen LogP contribution >= 0.6 is 35.3 Å². The molecule has 0 aromatic carbocycles. The first-order chi connectivity index (χ1) is 10.2. The van der Waals surface area contributed by atoms with Gasteiger partial charge in [-0.1, -0.05) is 13.3 Å². The monoisotopic (exact) mass is 434 g/mol. The van der Waals surface area contributed by atoms with Gasteiger partial charge < -0.3 is 10.2 Å². The third kappa shape index (κ3) is 3.93. The number of aromatic nitrogens is 1. The highest BCUT2D eigenvalue weighted by Gasteiger charge is 2.43. The highest BCUT2D eigenvalue weighted by molar-refractivity contribution is 14.0. The Balaban J connectivity index is 0.00000176. The molecule has 1 spiro atoms. The van der Waals surface area contributed by atoms with Crippen LogP contribution < -0.4 is 5.32 Å². The van der Waals surface area contributed by atoms with Gasteiger partial charge in [0.1, 0.15) is 0 Å². The molecule has 0 radical (unpaired) electrons. The van der Waals surface area contributed by atoms with Crippen molar-refractivity contribution in [3.05, 3.63) is 16.1 Å². The van der Waals surface area contributed by atoms with Crippen molar-refractivity contribution in [1.29, 1.82) is 0 Å². The van der Waals surface area contributed by atoms with Gasteiger partial charge in [-0.25, -0.2) is 4.98 Å². The Bertz CT molecular complexity index is 510. The Morgan fingerprint density at radius 1 is 1.45 bits per heavy atom. The molecule has 0 atom stereocenters. The quantitative estimate of drug-likeness (QED) is 0.449. The number of hydrogen-bond acceptors (Lipinski definition) is 3. The Kier molecular flexibility index (Phi) is 6.49. The molecule has 1 aromatic rings. The first kappa shape index (κ1) is 18.0. The SMILES string of the molecule is CCc1cnc(CCNC(=NC)N2CCC3(CCC3)C2)s1.I. The van der Waals surface area contributed by atoms with Gasteiger partial charge in [0.2, 0.25) is 0 Å². The lowest BCUT2D eigenvalue weighted by Crippen LogP contribution is -2.43. The second kappa shape index (κ2) is 7.95. The molecule has 2 heterocycles. The number of rotatable bonds is 4. The zero-order chi connectivity index (χ0) is 14.7. The number of thiazole rings is 1. The van der Waals surface area contributed by atoms with Crippen LogP contribution in [0.1, 0.15) is 42.5 Å². The van der Waals surface area contributed by atoms with Crippen molar-refractivity contribution in [2.24, 2.45) is 10.4 Å². The highest BCUT2D eigenvalue weighted by Crippen LogP contribution is 2.47. The first-order valence-electron chi connectivity index (χ1n) is 8.14. The summed E-state index contributed by atoms with van der Waals surface area (Å²) in [5.41, 5.74) is 0.628. The molecule has 2 aliphatic rings. The number of hydrogen-bond donors (Lipinski definition) is 1. The Hall–Kier alpha value is -0.370. The molecule has 1 N–H and O–H groups in total. The summed E-state index contributed by atoms with van der Waals surface area (Å²) in [6.45, 7) is 5.47. The predicted molar refractivity (Wildman–Crippen MR) is 104 cm³/mol. The van der Waals surface area contributed by atoms with E-state index in [1.165, 1.54) is 42.1 Å². The minimum atomic E-state index is 0. The summed E-state index contributed by atoms with van der Waals surface area (Å²) in [6.07, 6.45) is 9.68. The molecule has 1 aromatic heterocycles. The van der Waals surface area contributed by atoms with Crippen molar-refractivity contribution >= 4 is 41.3 Å². The number of guanidine groups is 1. The van der Waals surface area contributed by atoms with Gasteiger partial charge in [-0.15, -0.1) is 35.3 Å². The van der Waals surface area contributed by atoms with Crippen LogP contribution in [0.2, 0.25) is 0 Å². The summed E-state index contributed by atoms with van der Waals surface area (Å²) in [5, 5.41) is 4.74. The number of nitrogens with one attached hydrogen (secondary N) is 1. The van der Waals surface area contributed by atoms with Gasteiger partial charge in [0.15, 0.2) is 5.96 Å². The van der Waals surface area contributed by atoms with E-state index >= 15 is 0 Å². The van der Waals surface area contributed by atoms with Crippen molar-refractivity contribution in [3.8, 4) is 0 Å². The number of aliphatic imine (C=N–C) groups is 1. The van der Waals surface area contributed by atoms with Crippen molar-refractivity contribution < 1.29 is 0 Å². The molecule has 0 bridgehead atoms. The fourth-order valence-electron chi connectivity index (χ4n) is 3.44. The standard InChI is InChI=1S/C16H26N4S.HI/c1-3-13-11-19-14(21-13)5-9-18-15(17-2)20-10-8-16(12-20)6-4-7-16;/h11H,3-10,12H2,1-2H3,(H,17,18);1H. The molecule has 1 saturated carbocycles. The Labute approximate surface area is 154 Å². The molecule has 1 saturated heterocycles. The van der Waals surface area contributed by atoms with E-state index in [1.807, 2.05) is 24.6 Å². The normalized spacial score (nSPS) is 19.9. The van der Waals surface area contributed by atoms with Gasteiger partial charge in [0, 0.05) is 44.2 Å². The lowest BCUT2D eigenvalue weighted by atomic mass is 9.68. The Morgan fingerprint density at radius 3 is 2.82 bits per heavy atom. The minimum absolute atomic E-state index is 0. The van der Waals surface area contributed by atoms with Crippen LogP contribution in [-0.4, -0.2) is 42.5 Å². The van der Waals surface area contributed by atoms with Gasteiger partial charge in [-0.05, 0) is 31.1 Å². The second-order valence-corrected chi connectivity index (χ2v) is 7.52. The molecule has 2 fully saturated rings. The van der Waals surface area contributed by atoms with Gasteiger partial charge >= 0.3 is 0 Å². The zero-order valence-electron chi connectivity index (χ0n) is 13.6. The summed E-state index contributed by atoms with van der Waals surface area (Å²) in [7, 11) is 1.90. The van der Waals surface area contributed by atoms with Crippen LogP contribution in [0.4, 0.5) is 0 Å². The molecule has 1 aliphatic carbocycles. The maximum Gasteiger partial charge on any atom is 0.193 e. The number of halogens is 1. The molecule has 124 valence electrons. The van der Waals surface area contributed by atoms with Crippen LogP contribution in [0.3, 0.4) is 0 Å². The Morgan fingerprint density at radius 2 is 2.27 bits per heavy atom. The van der Waals surface area contributed by atoms with E-state index in [2.05, 4.69) is 27.1 Å². The summed E-state index contributed by atoms with van der Waals surface area (Å²) in [4.78, 5) is 12.8. The third-order valence-corrected chi connectivity index (χ3v) is 6.14. The lowest BCUT2D eigenvalue weighted by Gasteiger charge is -2.38. The smallest absolute Gasteiger partial charge is 0.193 e. The van der Waals surface area contributed by atoms with Gasteiger partial charge in [0.05, 0.1) is 5.01 Å². The topological polar surface area (TPSA) is 40.5 Å². The van der Waals surface area contributed by atoms with E-state index in [-0.39, 0.29) is 24.0 Å². The lowest BCUT2D eigenvalue weighted by molar-refractivity contribution is 0.151. The summed E-state index contributed by atoms with van der Waals surface area (Å²) >= 11 is 1.83. The molecule has 1 aliphatic heterocycles. The third-order valence-electron chi connectivity index (χ3n) is 4.94. The molecule has 3 rings (SSSR count). The van der Waals surface area contributed by atoms with Gasteiger partial charge in [-0.2, -0.15) is 0 Å². The first-order valence-corrected chi connectivity index (χ1v) is 8.95. The number of aryl methyl sites for hydroxylation is 1. The fourth-order valence-corrected chi connectivity index (χ4v) is 4.30. The summed E-state index contributed by atoms with van der Waals surface area (Å²) in [6, 6.07) is 0. The van der Waals surface area contributed by atoms with Gasteiger partial charge in [-0.3, -0.25) is 4.99 Å².